The lowest BCUT2D eigenvalue weighted by Crippen LogP contribution is -2.43. The molecule has 0 aliphatic heterocycles. The minimum Gasteiger partial charge on any atom is -0.444 e. The Hall–Kier alpha value is -0.810. The number of rotatable bonds is 10. The van der Waals surface area contributed by atoms with E-state index in [9.17, 15) is 4.79 Å². The van der Waals surface area contributed by atoms with Crippen LogP contribution in [0.25, 0.3) is 0 Å². The summed E-state index contributed by atoms with van der Waals surface area (Å²) in [6.45, 7) is 12.7. The molecule has 0 aromatic carbocycles. The Labute approximate surface area is 137 Å². The van der Waals surface area contributed by atoms with Crippen LogP contribution in [0.3, 0.4) is 0 Å². The van der Waals surface area contributed by atoms with Crippen molar-refractivity contribution < 1.29 is 9.53 Å². The van der Waals surface area contributed by atoms with Gasteiger partial charge in [0.25, 0.3) is 0 Å². The molecule has 132 valence electrons. The van der Waals surface area contributed by atoms with Gasteiger partial charge in [0.1, 0.15) is 5.60 Å². The van der Waals surface area contributed by atoms with E-state index in [4.69, 9.17) is 4.74 Å². The predicted octanol–water partition coefficient (Wildman–Crippen LogP) is 2.86. The average Bonchev–Trinajstić information content (AvgIpc) is 2.39. The van der Waals surface area contributed by atoms with Crippen molar-refractivity contribution in [2.75, 3.05) is 33.7 Å². The lowest BCUT2D eigenvalue weighted by atomic mass is 9.93. The van der Waals surface area contributed by atoms with Crippen LogP contribution < -0.4 is 10.6 Å². The van der Waals surface area contributed by atoms with Crippen molar-refractivity contribution >= 4 is 6.09 Å². The number of likely N-dealkylation sites (N-methyl/N-ethyl adjacent to an activating group) is 1. The molecule has 0 heterocycles. The largest absolute Gasteiger partial charge is 0.444 e. The predicted molar refractivity (Wildman–Crippen MR) is 93.3 cm³/mol. The molecule has 0 aromatic rings. The first-order valence-corrected chi connectivity index (χ1v) is 8.55. The minimum absolute atomic E-state index is 0.337. The lowest BCUT2D eigenvalue weighted by molar-refractivity contribution is 0.0527. The number of carbonyl (C=O) groups excluding carboxylic acids is 1. The SMILES string of the molecule is CCC(CC)C(CNCCCNC(=O)OC(C)(C)C)N(C)C. The van der Waals surface area contributed by atoms with Crippen LogP contribution in [0.5, 0.6) is 0 Å². The van der Waals surface area contributed by atoms with Gasteiger partial charge < -0.3 is 20.3 Å². The van der Waals surface area contributed by atoms with Gasteiger partial charge in [0.15, 0.2) is 0 Å². The summed E-state index contributed by atoms with van der Waals surface area (Å²) < 4.78 is 5.20. The fraction of sp³-hybridized carbons (Fsp3) is 0.941. The number of hydrogen-bond donors (Lipinski definition) is 2. The second-order valence-corrected chi connectivity index (χ2v) is 7.09. The van der Waals surface area contributed by atoms with Gasteiger partial charge >= 0.3 is 6.09 Å². The topological polar surface area (TPSA) is 53.6 Å². The number of amides is 1. The molecule has 0 aliphatic carbocycles. The Bertz CT molecular complexity index is 297. The molecular formula is C17H37N3O2. The van der Waals surface area contributed by atoms with Gasteiger partial charge in [-0.05, 0) is 53.8 Å². The van der Waals surface area contributed by atoms with Crippen molar-refractivity contribution in [3.05, 3.63) is 0 Å². The number of nitrogens with one attached hydrogen (secondary N) is 2. The van der Waals surface area contributed by atoms with E-state index in [-0.39, 0.29) is 6.09 Å². The molecule has 5 nitrogen and oxygen atoms in total. The summed E-state index contributed by atoms with van der Waals surface area (Å²) in [7, 11) is 4.30. The van der Waals surface area contributed by atoms with Crippen molar-refractivity contribution in [3.63, 3.8) is 0 Å². The van der Waals surface area contributed by atoms with Gasteiger partial charge in [-0.1, -0.05) is 26.7 Å². The number of ether oxygens (including phenoxy) is 1. The third-order valence-corrected chi connectivity index (χ3v) is 3.81. The van der Waals surface area contributed by atoms with Crippen LogP contribution in [0.2, 0.25) is 0 Å². The molecule has 0 rings (SSSR count). The fourth-order valence-corrected chi connectivity index (χ4v) is 2.57. The maximum atomic E-state index is 11.5. The monoisotopic (exact) mass is 315 g/mol. The minimum atomic E-state index is -0.434. The molecule has 1 atom stereocenters. The Morgan fingerprint density at radius 2 is 1.73 bits per heavy atom. The number of hydrogen-bond acceptors (Lipinski definition) is 4. The van der Waals surface area contributed by atoms with Gasteiger partial charge in [-0.25, -0.2) is 4.79 Å². The van der Waals surface area contributed by atoms with Crippen LogP contribution in [0, 0.1) is 5.92 Å². The van der Waals surface area contributed by atoms with Crippen LogP contribution in [-0.2, 0) is 4.74 Å². The summed E-state index contributed by atoms with van der Waals surface area (Å²) in [6, 6.07) is 0.564. The van der Waals surface area contributed by atoms with Gasteiger partial charge in [-0.3, -0.25) is 0 Å². The molecule has 0 aliphatic rings. The van der Waals surface area contributed by atoms with Gasteiger partial charge in [0, 0.05) is 19.1 Å². The highest BCUT2D eigenvalue weighted by molar-refractivity contribution is 5.67. The van der Waals surface area contributed by atoms with E-state index in [0.29, 0.717) is 12.6 Å². The van der Waals surface area contributed by atoms with Gasteiger partial charge in [-0.15, -0.1) is 0 Å². The van der Waals surface area contributed by atoms with Crippen molar-refractivity contribution in [1.82, 2.24) is 15.5 Å². The molecule has 0 bridgehead atoms. The van der Waals surface area contributed by atoms with Gasteiger partial charge in [0.05, 0.1) is 0 Å². The maximum absolute atomic E-state index is 11.5. The third-order valence-electron chi connectivity index (χ3n) is 3.81. The Morgan fingerprint density at radius 1 is 1.14 bits per heavy atom. The van der Waals surface area contributed by atoms with Crippen LogP contribution in [0.15, 0.2) is 0 Å². The first-order chi connectivity index (χ1) is 10.2. The molecule has 0 radical (unpaired) electrons. The fourth-order valence-electron chi connectivity index (χ4n) is 2.57. The lowest BCUT2D eigenvalue weighted by Gasteiger charge is -2.31. The molecule has 1 unspecified atom stereocenters. The van der Waals surface area contributed by atoms with Crippen LogP contribution in [0.4, 0.5) is 4.79 Å². The first-order valence-electron chi connectivity index (χ1n) is 8.55. The summed E-state index contributed by atoms with van der Waals surface area (Å²) in [6.07, 6.45) is 2.99. The van der Waals surface area contributed by atoms with E-state index in [1.165, 1.54) is 12.8 Å². The summed E-state index contributed by atoms with van der Waals surface area (Å²) in [5.41, 5.74) is -0.434. The normalized spacial score (nSPS) is 13.5. The van der Waals surface area contributed by atoms with Crippen molar-refractivity contribution in [1.29, 1.82) is 0 Å². The summed E-state index contributed by atoms with van der Waals surface area (Å²) >= 11 is 0. The summed E-state index contributed by atoms with van der Waals surface area (Å²) in [4.78, 5) is 13.8. The number of alkyl carbamates (subject to hydrolysis) is 1. The van der Waals surface area contributed by atoms with Crippen molar-refractivity contribution in [2.45, 2.75) is 65.5 Å². The van der Waals surface area contributed by atoms with E-state index in [2.05, 4.69) is 43.5 Å². The van der Waals surface area contributed by atoms with E-state index in [1.54, 1.807) is 0 Å². The first kappa shape index (κ1) is 21.2. The van der Waals surface area contributed by atoms with E-state index >= 15 is 0 Å². The average molecular weight is 316 g/mol. The highest BCUT2D eigenvalue weighted by Crippen LogP contribution is 2.16. The summed E-state index contributed by atoms with van der Waals surface area (Å²) in [5, 5.41) is 6.29. The smallest absolute Gasteiger partial charge is 0.407 e. The second kappa shape index (κ2) is 10.8. The van der Waals surface area contributed by atoms with Crippen molar-refractivity contribution in [3.8, 4) is 0 Å². The zero-order valence-corrected chi connectivity index (χ0v) is 15.7. The number of nitrogens with zero attached hydrogens (tertiary/aromatic N) is 1. The second-order valence-electron chi connectivity index (χ2n) is 7.09. The van der Waals surface area contributed by atoms with E-state index < -0.39 is 5.60 Å². The van der Waals surface area contributed by atoms with Crippen LogP contribution in [-0.4, -0.2) is 56.4 Å². The maximum Gasteiger partial charge on any atom is 0.407 e. The van der Waals surface area contributed by atoms with Crippen LogP contribution in [0.1, 0.15) is 53.9 Å². The Kier molecular flexibility index (Phi) is 10.4. The van der Waals surface area contributed by atoms with Gasteiger partial charge in [-0.2, -0.15) is 0 Å². The molecule has 22 heavy (non-hydrogen) atoms. The molecular weight excluding hydrogens is 278 g/mol. The molecule has 0 saturated heterocycles. The Balaban J connectivity index is 3.85. The molecule has 0 saturated carbocycles. The molecule has 1 amide bonds. The van der Waals surface area contributed by atoms with E-state index in [0.717, 1.165) is 25.4 Å². The third kappa shape index (κ3) is 10.0. The quantitative estimate of drug-likeness (QED) is 0.609. The zero-order valence-electron chi connectivity index (χ0n) is 15.7. The summed E-state index contributed by atoms with van der Waals surface area (Å²) in [5.74, 6) is 0.724. The van der Waals surface area contributed by atoms with Crippen molar-refractivity contribution in [2.24, 2.45) is 5.92 Å². The highest BCUT2D eigenvalue weighted by Gasteiger charge is 2.20. The highest BCUT2D eigenvalue weighted by atomic mass is 16.6. The Morgan fingerprint density at radius 3 is 2.18 bits per heavy atom. The molecule has 0 aromatic heterocycles. The molecule has 0 fully saturated rings. The van der Waals surface area contributed by atoms with E-state index in [1.807, 2.05) is 20.8 Å². The molecule has 2 N–H and O–H groups in total. The number of carbonyl (C=O) groups is 1. The zero-order chi connectivity index (χ0) is 17.2. The van der Waals surface area contributed by atoms with Crippen LogP contribution >= 0.6 is 0 Å². The van der Waals surface area contributed by atoms with Gasteiger partial charge in [0.2, 0.25) is 0 Å². The standard InChI is InChI=1S/C17H37N3O2/c1-8-14(9-2)15(20(6)7)13-18-11-10-12-19-16(21)22-17(3,4)5/h14-15,18H,8-13H2,1-7H3,(H,19,21). The molecule has 5 heteroatoms. The molecule has 0 spiro atoms.